The molecule has 5 aromatic rings. The molecule has 55 heavy (non-hydrogen) atoms. The lowest BCUT2D eigenvalue weighted by atomic mass is 10.0. The lowest BCUT2D eigenvalue weighted by Gasteiger charge is -2.32. The normalized spacial score (nSPS) is 18.2. The third kappa shape index (κ3) is 8.57. The van der Waals surface area contributed by atoms with E-state index in [4.69, 9.17) is 19.9 Å². The Labute approximate surface area is 312 Å². The van der Waals surface area contributed by atoms with Crippen LogP contribution in [-0.2, 0) is 36.9 Å². The number of amides is 4. The molecule has 284 valence electrons. The number of anilines is 1. The number of fused-ring (bicyclic) bond motifs is 1. The summed E-state index contributed by atoms with van der Waals surface area (Å²) < 4.78 is 18.0. The maximum absolute atomic E-state index is 14.3. The molecular formula is C37H36N8O10. The predicted molar refractivity (Wildman–Crippen MR) is 192 cm³/mol. The van der Waals surface area contributed by atoms with Crippen LogP contribution in [0, 0.1) is 0 Å². The minimum absolute atomic E-state index is 0.0168. The Balaban J connectivity index is 1.36. The molecule has 0 radical (unpaired) electrons. The number of rotatable bonds is 13. The summed E-state index contributed by atoms with van der Waals surface area (Å²) in [6.07, 6.45) is -4.28. The van der Waals surface area contributed by atoms with E-state index in [-0.39, 0.29) is 30.0 Å². The zero-order valence-electron chi connectivity index (χ0n) is 29.2. The van der Waals surface area contributed by atoms with E-state index < -0.39 is 66.8 Å². The number of aromatic nitrogens is 4. The zero-order valence-corrected chi connectivity index (χ0v) is 29.2. The standard InChI is InChI=1S/C37H36N8O10/c1-53-24-14-12-21(13-15-24)16-25(38)35(51)45(37(52)54-18-22-8-4-2-5-9-22)28-29(48)36(55-30(28)34(50)39-17-26(46)47)44-20-42-27-31(40-19-41-32(27)44)43-33(49)23-10-6-3-7-11-23/h2-15,19-20,25,28-30,36,48H,16-18,38H2,1H3,(H,39,50)(H,46,47)(H,40,41,43,49)/t25-,28-,29+,30-,36+/m0/s1. The molecule has 6 rings (SSSR count). The summed E-state index contributed by atoms with van der Waals surface area (Å²) in [4.78, 5) is 79.4. The van der Waals surface area contributed by atoms with Crippen LogP contribution in [0.1, 0.15) is 27.7 Å². The second-order valence-electron chi connectivity index (χ2n) is 12.3. The van der Waals surface area contributed by atoms with Crippen LogP contribution in [0.25, 0.3) is 11.2 Å². The van der Waals surface area contributed by atoms with Gasteiger partial charge in [0.15, 0.2) is 29.3 Å². The average Bonchev–Trinajstić information content (AvgIpc) is 3.78. The number of imide groups is 1. The highest BCUT2D eigenvalue weighted by molar-refractivity contribution is 6.06. The fourth-order valence-corrected chi connectivity index (χ4v) is 5.99. The molecule has 1 saturated heterocycles. The summed E-state index contributed by atoms with van der Waals surface area (Å²) in [6.45, 7) is -1.14. The number of nitrogens with one attached hydrogen (secondary N) is 2. The molecular weight excluding hydrogens is 716 g/mol. The van der Waals surface area contributed by atoms with E-state index in [0.29, 0.717) is 27.3 Å². The fourth-order valence-electron chi connectivity index (χ4n) is 5.99. The lowest BCUT2D eigenvalue weighted by Crippen LogP contribution is -2.60. The van der Waals surface area contributed by atoms with Gasteiger partial charge in [0.2, 0.25) is 5.91 Å². The molecule has 0 unspecified atom stereocenters. The van der Waals surface area contributed by atoms with Crippen molar-refractivity contribution in [2.45, 2.75) is 43.5 Å². The van der Waals surface area contributed by atoms with Crippen molar-refractivity contribution in [2.75, 3.05) is 19.0 Å². The smallest absolute Gasteiger partial charge is 0.417 e. The quantitative estimate of drug-likeness (QED) is 0.115. The summed E-state index contributed by atoms with van der Waals surface area (Å²) in [5, 5.41) is 26.1. The number of nitrogens with zero attached hydrogens (tertiary/aromatic N) is 5. The van der Waals surface area contributed by atoms with Crippen LogP contribution in [0.4, 0.5) is 10.6 Å². The highest BCUT2D eigenvalue weighted by Gasteiger charge is 2.55. The molecule has 1 fully saturated rings. The molecule has 0 spiro atoms. The van der Waals surface area contributed by atoms with Crippen LogP contribution in [0.3, 0.4) is 0 Å². The van der Waals surface area contributed by atoms with E-state index >= 15 is 0 Å². The number of hydrogen-bond donors (Lipinski definition) is 5. The number of ether oxygens (including phenoxy) is 3. The topological polar surface area (TPSA) is 250 Å². The van der Waals surface area contributed by atoms with Gasteiger partial charge in [0.1, 0.15) is 37.4 Å². The first-order chi connectivity index (χ1) is 26.5. The van der Waals surface area contributed by atoms with Crippen LogP contribution >= 0.6 is 0 Å². The number of carbonyl (C=O) groups excluding carboxylic acids is 4. The second kappa shape index (κ2) is 16.9. The van der Waals surface area contributed by atoms with Crippen LogP contribution in [-0.4, -0.2) is 102 Å². The number of aliphatic hydroxyl groups is 1. The largest absolute Gasteiger partial charge is 0.497 e. The highest BCUT2D eigenvalue weighted by atomic mass is 16.6. The number of aliphatic hydroxyl groups excluding tert-OH is 1. The Kier molecular flexibility index (Phi) is 11.7. The Morgan fingerprint density at radius 3 is 2.31 bits per heavy atom. The number of aliphatic carboxylic acids is 1. The molecule has 18 nitrogen and oxygen atoms in total. The minimum Gasteiger partial charge on any atom is -0.497 e. The van der Waals surface area contributed by atoms with Gasteiger partial charge in [-0.2, -0.15) is 0 Å². The minimum atomic E-state index is -1.88. The highest BCUT2D eigenvalue weighted by Crippen LogP contribution is 2.36. The van der Waals surface area contributed by atoms with Crippen molar-refractivity contribution in [3.63, 3.8) is 0 Å². The first kappa shape index (κ1) is 38.0. The number of carbonyl (C=O) groups is 5. The molecule has 5 atom stereocenters. The van der Waals surface area contributed by atoms with Crippen molar-refractivity contribution in [1.29, 1.82) is 0 Å². The molecule has 3 aromatic carbocycles. The van der Waals surface area contributed by atoms with Crippen molar-refractivity contribution in [2.24, 2.45) is 5.73 Å². The summed E-state index contributed by atoms with van der Waals surface area (Å²) in [5.41, 5.74) is 8.04. The van der Waals surface area contributed by atoms with Gasteiger partial charge >= 0.3 is 12.1 Å². The number of methoxy groups -OCH3 is 1. The van der Waals surface area contributed by atoms with Gasteiger partial charge in [-0.15, -0.1) is 0 Å². The van der Waals surface area contributed by atoms with Crippen LogP contribution < -0.4 is 21.1 Å². The Hall–Kier alpha value is -6.76. The Morgan fingerprint density at radius 2 is 1.64 bits per heavy atom. The van der Waals surface area contributed by atoms with E-state index in [0.717, 1.165) is 6.33 Å². The summed E-state index contributed by atoms with van der Waals surface area (Å²) in [7, 11) is 1.50. The first-order valence-corrected chi connectivity index (χ1v) is 16.8. The number of carboxylic acids is 1. The van der Waals surface area contributed by atoms with E-state index in [2.05, 4.69) is 25.6 Å². The maximum Gasteiger partial charge on any atom is 0.417 e. The van der Waals surface area contributed by atoms with Crippen LogP contribution in [0.15, 0.2) is 97.6 Å². The summed E-state index contributed by atoms with van der Waals surface area (Å²) in [6, 6.07) is 20.4. The van der Waals surface area contributed by atoms with Gasteiger partial charge in [-0.05, 0) is 41.8 Å². The molecule has 4 amide bonds. The molecule has 0 aliphatic carbocycles. The van der Waals surface area contributed by atoms with E-state index in [9.17, 15) is 34.2 Å². The van der Waals surface area contributed by atoms with Crippen molar-refractivity contribution < 1.29 is 48.4 Å². The van der Waals surface area contributed by atoms with Gasteiger partial charge in [0, 0.05) is 5.56 Å². The zero-order chi connectivity index (χ0) is 39.1. The van der Waals surface area contributed by atoms with E-state index in [1.54, 1.807) is 84.9 Å². The summed E-state index contributed by atoms with van der Waals surface area (Å²) in [5.74, 6) is -3.40. The van der Waals surface area contributed by atoms with Gasteiger partial charge in [-0.3, -0.25) is 23.7 Å². The number of hydrogen-bond acceptors (Lipinski definition) is 13. The maximum atomic E-state index is 14.3. The Bertz CT molecular complexity index is 2170. The predicted octanol–water partition coefficient (Wildman–Crippen LogP) is 1.65. The van der Waals surface area contributed by atoms with Gasteiger partial charge in [-0.25, -0.2) is 24.6 Å². The van der Waals surface area contributed by atoms with Crippen molar-refractivity contribution >= 4 is 46.8 Å². The van der Waals surface area contributed by atoms with Gasteiger partial charge in [0.05, 0.1) is 19.5 Å². The van der Waals surface area contributed by atoms with Gasteiger partial charge in [0.25, 0.3) is 11.8 Å². The first-order valence-electron chi connectivity index (χ1n) is 16.8. The van der Waals surface area contributed by atoms with E-state index in [1.807, 2.05) is 0 Å². The molecule has 6 N–H and O–H groups in total. The van der Waals surface area contributed by atoms with E-state index in [1.165, 1.54) is 18.0 Å². The molecule has 18 heteroatoms. The summed E-state index contributed by atoms with van der Waals surface area (Å²) >= 11 is 0. The number of carboxylic acid groups (broad SMARTS) is 1. The SMILES string of the molecule is COc1ccc(C[C@H](N)C(=O)N(C(=O)OCc2ccccc2)[C@H]2[C@@H](O)[C@H](n3cnc4c(NC(=O)c5ccccc5)ncnc43)O[C@@H]2C(=O)NCC(=O)O)cc1. The molecule has 0 bridgehead atoms. The second-order valence-corrected chi connectivity index (χ2v) is 12.3. The van der Waals surface area contributed by atoms with Crippen LogP contribution in [0.2, 0.25) is 0 Å². The van der Waals surface area contributed by atoms with Crippen molar-refractivity contribution in [3.05, 3.63) is 114 Å². The molecule has 2 aromatic heterocycles. The average molecular weight is 753 g/mol. The Morgan fingerprint density at radius 1 is 0.945 bits per heavy atom. The van der Waals surface area contributed by atoms with Crippen LogP contribution in [0.5, 0.6) is 5.75 Å². The third-order valence-corrected chi connectivity index (χ3v) is 8.68. The number of nitrogens with two attached hydrogens (primary N) is 1. The van der Waals surface area contributed by atoms with Crippen molar-refractivity contribution in [1.82, 2.24) is 29.7 Å². The number of imidazole rings is 1. The monoisotopic (exact) mass is 752 g/mol. The van der Waals surface area contributed by atoms with Crippen molar-refractivity contribution in [3.8, 4) is 5.75 Å². The van der Waals surface area contributed by atoms with Gasteiger partial charge < -0.3 is 40.8 Å². The fraction of sp³-hybridized carbons (Fsp3) is 0.243. The molecule has 0 saturated carbocycles. The molecule has 1 aliphatic heterocycles. The third-order valence-electron chi connectivity index (χ3n) is 8.68. The molecule has 3 heterocycles. The molecule has 1 aliphatic rings. The van der Waals surface area contributed by atoms with Gasteiger partial charge in [-0.1, -0.05) is 60.7 Å². The lowest BCUT2D eigenvalue weighted by molar-refractivity contribution is -0.144. The number of benzene rings is 3.